The molecule has 0 aliphatic carbocycles. The number of aryl methyl sites for hydroxylation is 1. The number of benzene rings is 1. The Kier molecular flexibility index (Phi) is 4.24. The minimum atomic E-state index is -0.0949. The van der Waals surface area contributed by atoms with E-state index in [4.69, 9.17) is 4.74 Å². The van der Waals surface area contributed by atoms with Gasteiger partial charge in [0.25, 0.3) is 5.91 Å². The van der Waals surface area contributed by atoms with Crippen molar-refractivity contribution in [3.05, 3.63) is 41.7 Å². The first kappa shape index (κ1) is 14.4. The average molecular weight is 299 g/mol. The largest absolute Gasteiger partial charge is 0.378 e. The van der Waals surface area contributed by atoms with Crippen LogP contribution in [0.15, 0.2) is 30.3 Å². The highest BCUT2D eigenvalue weighted by Gasteiger charge is 2.23. The molecule has 7 heteroatoms. The predicted octanol–water partition coefficient (Wildman–Crippen LogP) is 0.838. The third kappa shape index (κ3) is 3.04. The fourth-order valence-electron chi connectivity index (χ4n) is 2.30. The van der Waals surface area contributed by atoms with Gasteiger partial charge in [0.15, 0.2) is 5.82 Å². The van der Waals surface area contributed by atoms with Gasteiger partial charge in [0.05, 0.1) is 13.2 Å². The van der Waals surface area contributed by atoms with E-state index in [0.29, 0.717) is 37.8 Å². The van der Waals surface area contributed by atoms with Crippen LogP contribution >= 0.6 is 0 Å². The second-order valence-corrected chi connectivity index (χ2v) is 4.98. The summed E-state index contributed by atoms with van der Waals surface area (Å²) in [7, 11) is 0. The number of morpholine rings is 1. The Labute approximate surface area is 128 Å². The normalized spacial score (nSPS) is 15.9. The zero-order chi connectivity index (χ0) is 15.4. The van der Waals surface area contributed by atoms with Crippen molar-refractivity contribution in [3.63, 3.8) is 0 Å². The number of nitrogens with zero attached hydrogens (tertiary/aromatic N) is 5. The second-order valence-electron chi connectivity index (χ2n) is 4.98. The molecule has 3 rings (SSSR count). The molecule has 1 saturated heterocycles. The van der Waals surface area contributed by atoms with Gasteiger partial charge in [-0.05, 0) is 29.0 Å². The van der Waals surface area contributed by atoms with Gasteiger partial charge in [-0.25, -0.2) is 0 Å². The first-order chi connectivity index (χ1) is 10.8. The highest BCUT2D eigenvalue weighted by Crippen LogP contribution is 2.15. The molecule has 0 N–H and O–H groups in total. The molecule has 2 heterocycles. The minimum absolute atomic E-state index is 0.0949. The summed E-state index contributed by atoms with van der Waals surface area (Å²) in [5, 5.41) is 11.4. The Morgan fingerprint density at radius 3 is 2.59 bits per heavy atom. The van der Waals surface area contributed by atoms with E-state index in [1.54, 1.807) is 17.9 Å². The van der Waals surface area contributed by atoms with Gasteiger partial charge in [0.2, 0.25) is 0 Å². The lowest BCUT2D eigenvalue weighted by molar-refractivity contribution is -0.129. The Balaban J connectivity index is 1.98. The maximum atomic E-state index is 12.8. The molecule has 1 aliphatic heterocycles. The number of ether oxygens (including phenoxy) is 1. The molecule has 0 spiro atoms. The molecular weight excluding hydrogens is 282 g/mol. The van der Waals surface area contributed by atoms with Gasteiger partial charge in [0.1, 0.15) is 5.70 Å². The van der Waals surface area contributed by atoms with Gasteiger partial charge in [-0.15, -0.1) is 5.10 Å². The lowest BCUT2D eigenvalue weighted by atomic mass is 10.2. The molecule has 0 bridgehead atoms. The van der Waals surface area contributed by atoms with Crippen LogP contribution in [0.5, 0.6) is 0 Å². The summed E-state index contributed by atoms with van der Waals surface area (Å²) in [6.45, 7) is 4.03. The molecule has 1 aromatic heterocycles. The monoisotopic (exact) mass is 299 g/mol. The highest BCUT2D eigenvalue weighted by atomic mass is 16.5. The van der Waals surface area contributed by atoms with Crippen LogP contribution in [-0.2, 0) is 9.53 Å². The predicted molar refractivity (Wildman–Crippen MR) is 80.6 cm³/mol. The molecule has 0 saturated carbocycles. The number of rotatable bonds is 3. The third-order valence-electron chi connectivity index (χ3n) is 3.47. The molecule has 1 aliphatic rings. The van der Waals surface area contributed by atoms with Crippen molar-refractivity contribution in [2.75, 3.05) is 26.3 Å². The van der Waals surface area contributed by atoms with Crippen molar-refractivity contribution in [1.82, 2.24) is 25.1 Å². The summed E-state index contributed by atoms with van der Waals surface area (Å²) in [5.74, 6) is 0.478. The van der Waals surface area contributed by atoms with E-state index >= 15 is 0 Å². The van der Waals surface area contributed by atoms with Crippen LogP contribution < -0.4 is 0 Å². The minimum Gasteiger partial charge on any atom is -0.378 e. The maximum Gasteiger partial charge on any atom is 0.272 e. The fourth-order valence-corrected chi connectivity index (χ4v) is 2.30. The van der Waals surface area contributed by atoms with E-state index in [1.807, 2.05) is 30.3 Å². The summed E-state index contributed by atoms with van der Waals surface area (Å²) in [4.78, 5) is 14.6. The first-order valence-corrected chi connectivity index (χ1v) is 7.15. The average Bonchev–Trinajstić information content (AvgIpc) is 3.00. The Morgan fingerprint density at radius 1 is 1.23 bits per heavy atom. The zero-order valence-corrected chi connectivity index (χ0v) is 12.3. The van der Waals surface area contributed by atoms with E-state index in [1.165, 1.54) is 4.68 Å². The first-order valence-electron chi connectivity index (χ1n) is 7.15. The second kappa shape index (κ2) is 6.48. The molecule has 1 aromatic carbocycles. The maximum absolute atomic E-state index is 12.8. The molecule has 1 amide bonds. The SMILES string of the molecule is Cc1nnnn1C(=Cc1ccccc1)C(=O)N1CCOCC1. The molecule has 0 radical (unpaired) electrons. The smallest absolute Gasteiger partial charge is 0.272 e. The van der Waals surface area contributed by atoms with Crippen molar-refractivity contribution in [2.24, 2.45) is 0 Å². The van der Waals surface area contributed by atoms with Crippen molar-refractivity contribution < 1.29 is 9.53 Å². The number of aromatic nitrogens is 4. The summed E-state index contributed by atoms with van der Waals surface area (Å²) in [6, 6.07) is 9.66. The lowest BCUT2D eigenvalue weighted by Crippen LogP contribution is -2.42. The van der Waals surface area contributed by atoms with E-state index < -0.39 is 0 Å². The molecule has 2 aromatic rings. The summed E-state index contributed by atoms with van der Waals surface area (Å²) < 4.78 is 6.78. The molecule has 0 unspecified atom stereocenters. The number of hydrogen-bond donors (Lipinski definition) is 0. The number of tetrazole rings is 1. The molecule has 1 fully saturated rings. The van der Waals surface area contributed by atoms with E-state index in [-0.39, 0.29) is 5.91 Å². The number of hydrogen-bond acceptors (Lipinski definition) is 5. The van der Waals surface area contributed by atoms with Crippen LogP contribution in [0.1, 0.15) is 11.4 Å². The Morgan fingerprint density at radius 2 is 1.95 bits per heavy atom. The number of carbonyl (C=O) groups is 1. The lowest BCUT2D eigenvalue weighted by Gasteiger charge is -2.27. The van der Waals surface area contributed by atoms with E-state index in [9.17, 15) is 4.79 Å². The van der Waals surface area contributed by atoms with Gasteiger partial charge in [-0.3, -0.25) is 4.79 Å². The van der Waals surface area contributed by atoms with Gasteiger partial charge >= 0.3 is 0 Å². The quantitative estimate of drug-likeness (QED) is 0.785. The summed E-state index contributed by atoms with van der Waals surface area (Å²) in [5.41, 5.74) is 1.37. The molecule has 7 nitrogen and oxygen atoms in total. The van der Waals surface area contributed by atoms with Gasteiger partial charge in [-0.1, -0.05) is 30.3 Å². The Bertz CT molecular complexity index is 674. The van der Waals surface area contributed by atoms with Crippen molar-refractivity contribution in [1.29, 1.82) is 0 Å². The topological polar surface area (TPSA) is 73.1 Å². The number of carbonyl (C=O) groups excluding carboxylic acids is 1. The van der Waals surface area contributed by atoms with Crippen molar-refractivity contribution in [3.8, 4) is 0 Å². The Hall–Kier alpha value is -2.54. The standard InChI is InChI=1S/C15H17N5O2/c1-12-16-17-18-20(12)14(11-13-5-3-2-4-6-13)15(21)19-7-9-22-10-8-19/h2-6,11H,7-10H2,1H3. The van der Waals surface area contributed by atoms with Gasteiger partial charge in [-0.2, -0.15) is 4.68 Å². The van der Waals surface area contributed by atoms with Crippen molar-refractivity contribution >= 4 is 17.7 Å². The summed E-state index contributed by atoms with van der Waals surface area (Å²) in [6.07, 6.45) is 1.81. The van der Waals surface area contributed by atoms with Crippen LogP contribution in [-0.4, -0.2) is 57.3 Å². The van der Waals surface area contributed by atoms with Gasteiger partial charge in [0, 0.05) is 13.1 Å². The molecule has 114 valence electrons. The zero-order valence-electron chi connectivity index (χ0n) is 12.3. The van der Waals surface area contributed by atoms with E-state index in [0.717, 1.165) is 5.56 Å². The number of amides is 1. The third-order valence-corrected chi connectivity index (χ3v) is 3.47. The van der Waals surface area contributed by atoms with Crippen molar-refractivity contribution in [2.45, 2.75) is 6.92 Å². The summed E-state index contributed by atoms with van der Waals surface area (Å²) >= 11 is 0. The fraction of sp³-hybridized carbons (Fsp3) is 0.333. The molecule has 0 atom stereocenters. The van der Waals surface area contributed by atoms with Crippen LogP contribution in [0.25, 0.3) is 11.8 Å². The van der Waals surface area contributed by atoms with E-state index in [2.05, 4.69) is 15.5 Å². The van der Waals surface area contributed by atoms with Crippen LogP contribution in [0, 0.1) is 6.92 Å². The van der Waals surface area contributed by atoms with Gasteiger partial charge < -0.3 is 9.64 Å². The highest BCUT2D eigenvalue weighted by molar-refractivity contribution is 6.18. The molecule has 22 heavy (non-hydrogen) atoms. The van der Waals surface area contributed by atoms with Crippen LogP contribution in [0.4, 0.5) is 0 Å². The molecular formula is C15H17N5O2. The van der Waals surface area contributed by atoms with Crippen LogP contribution in [0.2, 0.25) is 0 Å². The van der Waals surface area contributed by atoms with Crippen LogP contribution in [0.3, 0.4) is 0 Å².